The summed E-state index contributed by atoms with van der Waals surface area (Å²) in [6.45, 7) is 2.34. The smallest absolute Gasteiger partial charge is 0.0431 e. The van der Waals surface area contributed by atoms with E-state index in [0.717, 1.165) is 19.3 Å². The minimum atomic E-state index is 0.335. The highest BCUT2D eigenvalue weighted by atomic mass is 16.2. The summed E-state index contributed by atoms with van der Waals surface area (Å²) in [4.78, 5) is 0. The number of rotatable bonds is 8. The van der Waals surface area contributed by atoms with Crippen molar-refractivity contribution < 1.29 is 5.11 Å². The highest BCUT2D eigenvalue weighted by molar-refractivity contribution is 5.10. The van der Waals surface area contributed by atoms with Crippen LogP contribution in [0.15, 0.2) is 36.5 Å². The lowest BCUT2D eigenvalue weighted by Crippen LogP contribution is -1.82. The van der Waals surface area contributed by atoms with Gasteiger partial charge < -0.3 is 5.11 Å². The molecule has 80 valence electrons. The van der Waals surface area contributed by atoms with Gasteiger partial charge in [-0.2, -0.15) is 0 Å². The molecule has 0 spiro atoms. The van der Waals surface area contributed by atoms with Crippen LogP contribution in [0.2, 0.25) is 0 Å². The first-order valence-corrected chi connectivity index (χ1v) is 5.47. The Labute approximate surface area is 87.8 Å². The molecule has 0 atom stereocenters. The summed E-state index contributed by atoms with van der Waals surface area (Å²) >= 11 is 0. The van der Waals surface area contributed by atoms with Crippen molar-refractivity contribution in [1.82, 2.24) is 0 Å². The molecule has 0 heterocycles. The van der Waals surface area contributed by atoms with Gasteiger partial charge in [-0.25, -0.2) is 0 Å². The molecule has 0 aromatic rings. The lowest BCUT2D eigenvalue weighted by molar-refractivity contribution is 0.282. The predicted molar refractivity (Wildman–Crippen MR) is 63.3 cm³/mol. The van der Waals surface area contributed by atoms with Crippen LogP contribution in [-0.4, -0.2) is 11.7 Å². The van der Waals surface area contributed by atoms with Crippen molar-refractivity contribution in [2.75, 3.05) is 6.61 Å². The maximum atomic E-state index is 8.56. The third kappa shape index (κ3) is 11.2. The lowest BCUT2D eigenvalue weighted by atomic mass is 10.1. The van der Waals surface area contributed by atoms with Crippen molar-refractivity contribution in [3.05, 3.63) is 36.5 Å². The molecule has 0 bridgehead atoms. The molecule has 0 aliphatic rings. The molecule has 14 heavy (non-hydrogen) atoms. The van der Waals surface area contributed by atoms with E-state index in [4.69, 9.17) is 5.11 Å². The van der Waals surface area contributed by atoms with E-state index in [1.165, 1.54) is 12.8 Å². The van der Waals surface area contributed by atoms with Gasteiger partial charge in [0.05, 0.1) is 0 Å². The first-order valence-electron chi connectivity index (χ1n) is 5.47. The van der Waals surface area contributed by atoms with Crippen LogP contribution >= 0.6 is 0 Å². The largest absolute Gasteiger partial charge is 0.396 e. The number of aliphatic hydroxyl groups excluding tert-OH is 1. The highest BCUT2D eigenvalue weighted by Crippen LogP contribution is 2.02. The molecule has 0 saturated carbocycles. The van der Waals surface area contributed by atoms with Gasteiger partial charge in [0.1, 0.15) is 0 Å². The number of allylic oxidation sites excluding steroid dienone is 6. The lowest BCUT2D eigenvalue weighted by Gasteiger charge is -1.94. The minimum absolute atomic E-state index is 0.335. The molecular weight excluding hydrogens is 172 g/mol. The Morgan fingerprint density at radius 2 is 1.57 bits per heavy atom. The van der Waals surface area contributed by atoms with Gasteiger partial charge in [-0.1, -0.05) is 49.3 Å². The van der Waals surface area contributed by atoms with Gasteiger partial charge in [0.25, 0.3) is 0 Å². The summed E-state index contributed by atoms with van der Waals surface area (Å²) in [6.07, 6.45) is 18.1. The maximum Gasteiger partial charge on any atom is 0.0431 e. The van der Waals surface area contributed by atoms with E-state index in [0.29, 0.717) is 6.61 Å². The molecular formula is C13H22O. The molecule has 0 aromatic carbocycles. The Bertz CT molecular complexity index is 178. The second-order valence-corrected chi connectivity index (χ2v) is 3.27. The van der Waals surface area contributed by atoms with Crippen LogP contribution in [0.4, 0.5) is 0 Å². The van der Waals surface area contributed by atoms with Gasteiger partial charge >= 0.3 is 0 Å². The van der Waals surface area contributed by atoms with Crippen molar-refractivity contribution in [1.29, 1.82) is 0 Å². The molecule has 1 nitrogen and oxygen atoms in total. The van der Waals surface area contributed by atoms with E-state index >= 15 is 0 Å². The van der Waals surface area contributed by atoms with Gasteiger partial charge in [-0.15, -0.1) is 0 Å². The second-order valence-electron chi connectivity index (χ2n) is 3.27. The molecule has 0 fully saturated rings. The van der Waals surface area contributed by atoms with Crippen molar-refractivity contribution >= 4 is 0 Å². The molecule has 0 amide bonds. The summed E-state index contributed by atoms with van der Waals surface area (Å²) in [5, 5.41) is 8.56. The van der Waals surface area contributed by atoms with Crippen molar-refractivity contribution in [3.8, 4) is 0 Å². The Hall–Kier alpha value is -0.820. The Morgan fingerprint density at radius 1 is 0.857 bits per heavy atom. The standard InChI is InChI=1S/C13H22O/c1-2-3-4-5-6-7-8-9-10-11-12-13-14/h2-7,14H,8-13H2,1H3. The molecule has 0 radical (unpaired) electrons. The van der Waals surface area contributed by atoms with E-state index in [1.54, 1.807) is 0 Å². The maximum absolute atomic E-state index is 8.56. The van der Waals surface area contributed by atoms with Gasteiger partial charge in [0.15, 0.2) is 0 Å². The van der Waals surface area contributed by atoms with E-state index in [2.05, 4.69) is 12.2 Å². The van der Waals surface area contributed by atoms with Crippen LogP contribution in [0.5, 0.6) is 0 Å². The van der Waals surface area contributed by atoms with Crippen LogP contribution in [-0.2, 0) is 0 Å². The van der Waals surface area contributed by atoms with E-state index in [1.807, 2.05) is 31.2 Å². The fourth-order valence-corrected chi connectivity index (χ4v) is 1.14. The summed E-state index contributed by atoms with van der Waals surface area (Å²) in [5.74, 6) is 0. The summed E-state index contributed by atoms with van der Waals surface area (Å²) in [5.41, 5.74) is 0. The number of hydrogen-bond donors (Lipinski definition) is 1. The summed E-state index contributed by atoms with van der Waals surface area (Å²) in [7, 11) is 0. The van der Waals surface area contributed by atoms with Crippen LogP contribution in [0.3, 0.4) is 0 Å². The van der Waals surface area contributed by atoms with Crippen molar-refractivity contribution in [2.45, 2.75) is 39.0 Å². The van der Waals surface area contributed by atoms with Crippen LogP contribution in [0.25, 0.3) is 0 Å². The molecule has 0 aliphatic heterocycles. The van der Waals surface area contributed by atoms with Gasteiger partial charge in [-0.3, -0.25) is 0 Å². The average Bonchev–Trinajstić information content (AvgIpc) is 2.21. The number of unbranched alkanes of at least 4 members (excludes halogenated alkanes) is 4. The number of aliphatic hydroxyl groups is 1. The van der Waals surface area contributed by atoms with Gasteiger partial charge in [0, 0.05) is 6.61 Å². The van der Waals surface area contributed by atoms with Crippen LogP contribution in [0.1, 0.15) is 39.0 Å². The van der Waals surface area contributed by atoms with Gasteiger partial charge in [0.2, 0.25) is 0 Å². The number of hydrogen-bond acceptors (Lipinski definition) is 1. The van der Waals surface area contributed by atoms with E-state index < -0.39 is 0 Å². The monoisotopic (exact) mass is 194 g/mol. The third-order valence-electron chi connectivity index (χ3n) is 1.94. The molecule has 0 rings (SSSR count). The van der Waals surface area contributed by atoms with E-state index in [-0.39, 0.29) is 0 Å². The Balaban J connectivity index is 3.18. The fraction of sp³-hybridized carbons (Fsp3) is 0.538. The quantitative estimate of drug-likeness (QED) is 0.462. The molecule has 0 saturated heterocycles. The molecule has 1 N–H and O–H groups in total. The third-order valence-corrected chi connectivity index (χ3v) is 1.94. The fourth-order valence-electron chi connectivity index (χ4n) is 1.14. The van der Waals surface area contributed by atoms with Crippen LogP contribution < -0.4 is 0 Å². The Kier molecular flexibility index (Phi) is 11.5. The SMILES string of the molecule is CC=CC=CC=CCCCCCCO. The average molecular weight is 194 g/mol. The summed E-state index contributed by atoms with van der Waals surface area (Å²) in [6, 6.07) is 0. The van der Waals surface area contributed by atoms with Crippen LogP contribution in [0, 0.1) is 0 Å². The van der Waals surface area contributed by atoms with Crippen molar-refractivity contribution in [3.63, 3.8) is 0 Å². The zero-order valence-electron chi connectivity index (χ0n) is 9.15. The Morgan fingerprint density at radius 3 is 2.29 bits per heavy atom. The minimum Gasteiger partial charge on any atom is -0.396 e. The molecule has 0 aliphatic carbocycles. The second kappa shape index (κ2) is 12.2. The van der Waals surface area contributed by atoms with E-state index in [9.17, 15) is 0 Å². The molecule has 1 heteroatoms. The highest BCUT2D eigenvalue weighted by Gasteiger charge is 1.85. The zero-order chi connectivity index (χ0) is 10.5. The normalized spacial score (nSPS) is 12.4. The zero-order valence-corrected chi connectivity index (χ0v) is 9.15. The predicted octanol–water partition coefficient (Wildman–Crippen LogP) is 3.62. The first kappa shape index (κ1) is 13.2. The topological polar surface area (TPSA) is 20.2 Å². The van der Waals surface area contributed by atoms with Crippen molar-refractivity contribution in [2.24, 2.45) is 0 Å². The van der Waals surface area contributed by atoms with Gasteiger partial charge in [-0.05, 0) is 26.2 Å². The molecule has 0 unspecified atom stereocenters. The molecule has 0 aromatic heterocycles. The summed E-state index contributed by atoms with van der Waals surface area (Å²) < 4.78 is 0. The first-order chi connectivity index (χ1) is 6.91.